The van der Waals surface area contributed by atoms with Crippen molar-refractivity contribution in [3.05, 3.63) is 113 Å². The molecule has 0 aliphatic rings. The van der Waals surface area contributed by atoms with E-state index in [2.05, 4.69) is 13.8 Å². The second-order valence-corrected chi connectivity index (χ2v) is 10.2. The maximum atomic E-state index is 14.0. The standard InChI is InChI=1S/C33H33N3O3/c1-23(2)19-20-35(31(37)22-39-28-13-5-4-6-14-28)24(3)32-34-30-16-10-9-15-29(30)33(38)36(32)27-18-17-25-11-7-8-12-26(25)21-27/h4-18,21,23-24H,19-20,22H2,1-3H3. The lowest BCUT2D eigenvalue weighted by Gasteiger charge is -2.31. The number of benzene rings is 4. The molecule has 0 saturated carbocycles. The third-order valence-corrected chi connectivity index (χ3v) is 7.01. The van der Waals surface area contributed by atoms with Crippen molar-refractivity contribution in [1.82, 2.24) is 14.5 Å². The summed E-state index contributed by atoms with van der Waals surface area (Å²) in [6.07, 6.45) is 0.815. The van der Waals surface area contributed by atoms with Crippen LogP contribution in [0.2, 0.25) is 0 Å². The van der Waals surface area contributed by atoms with Crippen LogP contribution in [0.5, 0.6) is 5.75 Å². The van der Waals surface area contributed by atoms with Gasteiger partial charge in [0.1, 0.15) is 11.6 Å². The van der Waals surface area contributed by atoms with Crippen molar-refractivity contribution in [2.45, 2.75) is 33.2 Å². The first-order valence-electron chi connectivity index (χ1n) is 13.4. The van der Waals surface area contributed by atoms with Crippen LogP contribution in [0.25, 0.3) is 27.4 Å². The van der Waals surface area contributed by atoms with E-state index >= 15 is 0 Å². The summed E-state index contributed by atoms with van der Waals surface area (Å²) in [6, 6.07) is 30.2. The number of carbonyl (C=O) groups excluding carboxylic acids is 1. The Kier molecular flexibility index (Phi) is 7.73. The number of ether oxygens (including phenoxy) is 1. The zero-order valence-electron chi connectivity index (χ0n) is 22.6. The Morgan fingerprint density at radius 2 is 1.56 bits per heavy atom. The van der Waals surface area contributed by atoms with Crippen molar-refractivity contribution < 1.29 is 9.53 Å². The maximum absolute atomic E-state index is 14.0. The van der Waals surface area contributed by atoms with Gasteiger partial charge in [-0.1, -0.05) is 74.5 Å². The van der Waals surface area contributed by atoms with Gasteiger partial charge in [-0.05, 0) is 66.4 Å². The van der Waals surface area contributed by atoms with Gasteiger partial charge in [-0.2, -0.15) is 0 Å². The van der Waals surface area contributed by atoms with Gasteiger partial charge in [-0.3, -0.25) is 14.2 Å². The molecule has 1 atom stereocenters. The van der Waals surface area contributed by atoms with Crippen LogP contribution >= 0.6 is 0 Å². The zero-order chi connectivity index (χ0) is 27.4. The average molecular weight is 520 g/mol. The summed E-state index contributed by atoms with van der Waals surface area (Å²) in [5, 5.41) is 2.65. The molecule has 0 bridgehead atoms. The third kappa shape index (κ3) is 5.70. The van der Waals surface area contributed by atoms with E-state index in [0.29, 0.717) is 34.9 Å². The molecule has 6 nitrogen and oxygen atoms in total. The van der Waals surface area contributed by atoms with Crippen molar-refractivity contribution in [1.29, 1.82) is 0 Å². The number of fused-ring (bicyclic) bond motifs is 2. The highest BCUT2D eigenvalue weighted by Crippen LogP contribution is 2.26. The van der Waals surface area contributed by atoms with Gasteiger partial charge in [0.05, 0.1) is 22.6 Å². The van der Waals surface area contributed by atoms with E-state index in [1.54, 1.807) is 15.5 Å². The molecule has 0 fully saturated rings. The van der Waals surface area contributed by atoms with Gasteiger partial charge in [0.2, 0.25) is 0 Å². The SMILES string of the molecule is CC(C)CCN(C(=O)COc1ccccc1)C(C)c1nc2ccccc2c(=O)n1-c1ccc2ccccc2c1. The lowest BCUT2D eigenvalue weighted by Crippen LogP contribution is -2.40. The molecule has 4 aromatic carbocycles. The Morgan fingerprint density at radius 1 is 0.872 bits per heavy atom. The monoisotopic (exact) mass is 519 g/mol. The Morgan fingerprint density at radius 3 is 2.33 bits per heavy atom. The predicted molar refractivity (Wildman–Crippen MR) is 156 cm³/mol. The number of amides is 1. The minimum atomic E-state index is -0.473. The molecule has 0 aliphatic carbocycles. The van der Waals surface area contributed by atoms with E-state index in [1.807, 2.05) is 97.9 Å². The number of carbonyl (C=O) groups is 1. The molecule has 6 heteroatoms. The van der Waals surface area contributed by atoms with Crippen molar-refractivity contribution in [2.75, 3.05) is 13.2 Å². The van der Waals surface area contributed by atoms with Crippen LogP contribution < -0.4 is 10.3 Å². The molecule has 198 valence electrons. The number of para-hydroxylation sites is 2. The summed E-state index contributed by atoms with van der Waals surface area (Å²) >= 11 is 0. The second kappa shape index (κ2) is 11.5. The Labute approximate surface area is 228 Å². The van der Waals surface area contributed by atoms with E-state index in [4.69, 9.17) is 9.72 Å². The highest BCUT2D eigenvalue weighted by Gasteiger charge is 2.27. The molecule has 1 aromatic heterocycles. The number of aromatic nitrogens is 2. The molecule has 0 spiro atoms. The Hall–Kier alpha value is -4.45. The molecule has 5 aromatic rings. The van der Waals surface area contributed by atoms with Crippen LogP contribution in [0.3, 0.4) is 0 Å². The first-order chi connectivity index (χ1) is 18.9. The molecule has 0 radical (unpaired) electrons. The van der Waals surface area contributed by atoms with Crippen LogP contribution in [0.15, 0.2) is 102 Å². The van der Waals surface area contributed by atoms with Crippen LogP contribution in [0.1, 0.15) is 39.1 Å². The topological polar surface area (TPSA) is 64.4 Å². The fourth-order valence-corrected chi connectivity index (χ4v) is 4.81. The molecule has 1 unspecified atom stereocenters. The van der Waals surface area contributed by atoms with E-state index in [1.165, 1.54) is 0 Å². The molecule has 0 N–H and O–H groups in total. The molecule has 0 saturated heterocycles. The fraction of sp³-hybridized carbons (Fsp3) is 0.242. The van der Waals surface area contributed by atoms with Gasteiger partial charge in [0, 0.05) is 6.54 Å². The molecule has 1 heterocycles. The van der Waals surface area contributed by atoms with Gasteiger partial charge < -0.3 is 9.64 Å². The van der Waals surface area contributed by atoms with Gasteiger partial charge in [-0.15, -0.1) is 0 Å². The zero-order valence-corrected chi connectivity index (χ0v) is 22.6. The van der Waals surface area contributed by atoms with Crippen molar-refractivity contribution in [3.8, 4) is 11.4 Å². The van der Waals surface area contributed by atoms with Gasteiger partial charge >= 0.3 is 0 Å². The second-order valence-electron chi connectivity index (χ2n) is 10.2. The quantitative estimate of drug-likeness (QED) is 0.221. The third-order valence-electron chi connectivity index (χ3n) is 7.01. The number of hydrogen-bond acceptors (Lipinski definition) is 4. The smallest absolute Gasteiger partial charge is 0.266 e. The van der Waals surface area contributed by atoms with E-state index < -0.39 is 6.04 Å². The maximum Gasteiger partial charge on any atom is 0.266 e. The van der Waals surface area contributed by atoms with Gasteiger partial charge in [0.25, 0.3) is 11.5 Å². The number of nitrogens with zero attached hydrogens (tertiary/aromatic N) is 3. The minimum Gasteiger partial charge on any atom is -0.484 e. The van der Waals surface area contributed by atoms with Crippen LogP contribution in [-0.4, -0.2) is 33.5 Å². The van der Waals surface area contributed by atoms with Crippen LogP contribution in [0.4, 0.5) is 0 Å². The van der Waals surface area contributed by atoms with Crippen molar-refractivity contribution in [2.24, 2.45) is 5.92 Å². The van der Waals surface area contributed by atoms with E-state index in [9.17, 15) is 9.59 Å². The molecule has 0 aliphatic heterocycles. The van der Waals surface area contributed by atoms with Crippen molar-refractivity contribution in [3.63, 3.8) is 0 Å². The molecular weight excluding hydrogens is 486 g/mol. The normalized spacial score (nSPS) is 12.1. The Bertz CT molecular complexity index is 1660. The number of hydrogen-bond donors (Lipinski definition) is 0. The predicted octanol–water partition coefficient (Wildman–Crippen LogP) is 6.55. The van der Waals surface area contributed by atoms with Crippen LogP contribution in [0, 0.1) is 5.92 Å². The largest absolute Gasteiger partial charge is 0.484 e. The first kappa shape index (κ1) is 26.2. The summed E-state index contributed by atoms with van der Waals surface area (Å²) in [7, 11) is 0. The molecule has 39 heavy (non-hydrogen) atoms. The summed E-state index contributed by atoms with van der Waals surface area (Å²) in [6.45, 7) is 6.63. The Balaban J connectivity index is 1.60. The van der Waals surface area contributed by atoms with Gasteiger partial charge in [0.15, 0.2) is 6.61 Å². The number of rotatable bonds is 9. The highest BCUT2D eigenvalue weighted by molar-refractivity contribution is 5.85. The molecule has 5 rings (SSSR count). The highest BCUT2D eigenvalue weighted by atomic mass is 16.5. The molecular formula is C33H33N3O3. The first-order valence-corrected chi connectivity index (χ1v) is 13.4. The lowest BCUT2D eigenvalue weighted by molar-refractivity contribution is -0.136. The minimum absolute atomic E-state index is 0.0970. The fourth-order valence-electron chi connectivity index (χ4n) is 4.81. The molecule has 1 amide bonds. The van der Waals surface area contributed by atoms with Crippen LogP contribution in [-0.2, 0) is 4.79 Å². The lowest BCUT2D eigenvalue weighted by atomic mass is 10.1. The summed E-state index contributed by atoms with van der Waals surface area (Å²) in [4.78, 5) is 34.3. The van der Waals surface area contributed by atoms with Gasteiger partial charge in [-0.25, -0.2) is 4.98 Å². The summed E-state index contributed by atoms with van der Waals surface area (Å²) < 4.78 is 7.48. The average Bonchev–Trinajstić information content (AvgIpc) is 2.96. The summed E-state index contributed by atoms with van der Waals surface area (Å²) in [5.41, 5.74) is 1.17. The summed E-state index contributed by atoms with van der Waals surface area (Å²) in [5.74, 6) is 1.40. The van der Waals surface area contributed by atoms with E-state index in [-0.39, 0.29) is 18.1 Å². The van der Waals surface area contributed by atoms with E-state index in [0.717, 1.165) is 22.9 Å². The van der Waals surface area contributed by atoms with Crippen molar-refractivity contribution >= 4 is 27.6 Å².